The number of methoxy groups -OCH3 is 1. The Bertz CT molecular complexity index is 1400. The van der Waals surface area contributed by atoms with Crippen molar-refractivity contribution in [1.82, 2.24) is 24.5 Å². The van der Waals surface area contributed by atoms with Gasteiger partial charge in [0.2, 0.25) is 0 Å². The lowest BCUT2D eigenvalue weighted by atomic mass is 10.0. The monoisotopic (exact) mass is 546 g/mol. The number of fused-ring (bicyclic) bond motifs is 1. The van der Waals surface area contributed by atoms with Crippen molar-refractivity contribution in [2.45, 2.75) is 58.5 Å². The lowest BCUT2D eigenvalue weighted by Gasteiger charge is -2.27. The highest BCUT2D eigenvalue weighted by Gasteiger charge is 2.27. The largest absolute Gasteiger partial charge is 0.383 e. The molecule has 1 saturated heterocycles. The minimum absolute atomic E-state index is 0.144. The van der Waals surface area contributed by atoms with E-state index in [-0.39, 0.29) is 11.8 Å². The zero-order valence-corrected chi connectivity index (χ0v) is 24.2. The topological polar surface area (TPSA) is 75.9 Å². The van der Waals surface area contributed by atoms with E-state index in [1.165, 1.54) is 0 Å². The maximum Gasteiger partial charge on any atom is 0.165 e. The number of pyridine rings is 1. The van der Waals surface area contributed by atoms with Crippen LogP contribution in [-0.4, -0.2) is 75.7 Å². The summed E-state index contributed by atoms with van der Waals surface area (Å²) in [5, 5.41) is 6.61. The van der Waals surface area contributed by atoms with Crippen LogP contribution >= 0.6 is 11.3 Å². The molecule has 0 unspecified atom stereocenters. The van der Waals surface area contributed by atoms with Crippen LogP contribution in [0.3, 0.4) is 0 Å². The van der Waals surface area contributed by atoms with Gasteiger partial charge in [0.1, 0.15) is 5.82 Å². The highest BCUT2D eigenvalue weighted by atomic mass is 32.1. The first-order valence-electron chi connectivity index (χ1n) is 14.0. The molecule has 0 N–H and O–H groups in total. The van der Waals surface area contributed by atoms with Crippen molar-refractivity contribution in [1.29, 1.82) is 0 Å². The minimum atomic E-state index is 0.144. The van der Waals surface area contributed by atoms with Crippen LogP contribution in [0.1, 0.15) is 56.8 Å². The molecule has 0 amide bonds. The minimum Gasteiger partial charge on any atom is -0.383 e. The molecule has 4 aromatic rings. The summed E-state index contributed by atoms with van der Waals surface area (Å²) < 4.78 is 7.28. The fourth-order valence-corrected chi connectivity index (χ4v) is 6.29. The van der Waals surface area contributed by atoms with Crippen molar-refractivity contribution < 1.29 is 9.53 Å². The lowest BCUT2D eigenvalue weighted by Crippen LogP contribution is -2.34. The van der Waals surface area contributed by atoms with Gasteiger partial charge in [-0.05, 0) is 68.9 Å². The van der Waals surface area contributed by atoms with Crippen LogP contribution in [0.5, 0.6) is 0 Å². The van der Waals surface area contributed by atoms with Crippen molar-refractivity contribution in [2.75, 3.05) is 38.3 Å². The molecule has 0 aromatic carbocycles. The van der Waals surface area contributed by atoms with E-state index in [4.69, 9.17) is 14.7 Å². The number of Topliss-reactive ketones (excluding diaryl/α,β-unsaturated/α-hetero) is 1. The Morgan fingerprint density at radius 3 is 2.79 bits per heavy atom. The first-order chi connectivity index (χ1) is 19.0. The highest BCUT2D eigenvalue weighted by molar-refractivity contribution is 7.13. The van der Waals surface area contributed by atoms with Gasteiger partial charge in [0, 0.05) is 37.9 Å². The van der Waals surface area contributed by atoms with Gasteiger partial charge in [-0.25, -0.2) is 14.5 Å². The molecule has 0 saturated carbocycles. The highest BCUT2D eigenvalue weighted by Crippen LogP contribution is 2.32. The lowest BCUT2D eigenvalue weighted by molar-refractivity contribution is 0.0964. The summed E-state index contributed by atoms with van der Waals surface area (Å²) >= 11 is 1.66. The van der Waals surface area contributed by atoms with Crippen molar-refractivity contribution >= 4 is 28.6 Å². The molecule has 0 aliphatic carbocycles. The second-order valence-electron chi connectivity index (χ2n) is 10.2. The third-order valence-electron chi connectivity index (χ3n) is 7.81. The third kappa shape index (κ3) is 5.90. The molecule has 2 atom stereocenters. The zero-order valence-electron chi connectivity index (χ0n) is 23.3. The Balaban J connectivity index is 1.53. The molecule has 39 heavy (non-hydrogen) atoms. The standard InChI is InChI=1S/C30H38N6O2S/c1-5-34(6-2)21(3)11-12-27(37)22-17-26(32-29(18-22)35-14-7-9-23(35)20-38-4)24-19-31-36-15-13-25(33-30(24)36)28-10-8-16-39-28/h8,10,13,15-19,21,23H,5-7,9,11-12,14,20H2,1-4H3/t21-,23-/m0/s1. The second kappa shape index (κ2) is 12.4. The Hall–Kier alpha value is -3.14. The van der Waals surface area contributed by atoms with Gasteiger partial charge in [0.05, 0.1) is 40.7 Å². The molecule has 206 valence electrons. The molecule has 0 spiro atoms. The predicted octanol–water partition coefficient (Wildman–Crippen LogP) is 5.83. The molecule has 0 bridgehead atoms. The quantitative estimate of drug-likeness (QED) is 0.207. The van der Waals surface area contributed by atoms with Crippen LogP contribution in [-0.2, 0) is 4.74 Å². The summed E-state index contributed by atoms with van der Waals surface area (Å²) in [7, 11) is 1.74. The summed E-state index contributed by atoms with van der Waals surface area (Å²) in [6, 6.07) is 10.6. The first kappa shape index (κ1) is 27.4. The number of carbonyl (C=O) groups is 1. The van der Waals surface area contributed by atoms with E-state index >= 15 is 0 Å². The molecular formula is C30H38N6O2S. The number of aromatic nitrogens is 4. The number of nitrogens with zero attached hydrogens (tertiary/aromatic N) is 6. The van der Waals surface area contributed by atoms with Gasteiger partial charge in [-0.3, -0.25) is 4.79 Å². The van der Waals surface area contributed by atoms with Gasteiger partial charge in [0.25, 0.3) is 0 Å². The van der Waals surface area contributed by atoms with Crippen LogP contribution < -0.4 is 4.90 Å². The maximum atomic E-state index is 13.6. The van der Waals surface area contributed by atoms with Gasteiger partial charge in [-0.15, -0.1) is 11.3 Å². The summed E-state index contributed by atoms with van der Waals surface area (Å²) in [4.78, 5) is 29.4. The third-order valence-corrected chi connectivity index (χ3v) is 8.70. The van der Waals surface area contributed by atoms with Crippen molar-refractivity contribution in [2.24, 2.45) is 0 Å². The Labute approximate surface area is 234 Å². The average molecular weight is 547 g/mol. The Morgan fingerprint density at radius 1 is 1.21 bits per heavy atom. The number of thiophene rings is 1. The van der Waals surface area contributed by atoms with Crippen molar-refractivity contribution in [3.63, 3.8) is 0 Å². The summed E-state index contributed by atoms with van der Waals surface area (Å²) in [6.07, 6.45) is 7.18. The van der Waals surface area contributed by atoms with Crippen LogP contribution in [0.25, 0.3) is 27.5 Å². The van der Waals surface area contributed by atoms with Crippen molar-refractivity contribution in [3.8, 4) is 21.8 Å². The smallest absolute Gasteiger partial charge is 0.165 e. The van der Waals surface area contributed by atoms with E-state index in [0.717, 1.165) is 72.2 Å². The summed E-state index contributed by atoms with van der Waals surface area (Å²) in [5.74, 6) is 0.964. The van der Waals surface area contributed by atoms with E-state index < -0.39 is 0 Å². The van der Waals surface area contributed by atoms with E-state index in [1.807, 2.05) is 30.5 Å². The molecule has 4 aromatic heterocycles. The average Bonchev–Trinajstić information content (AvgIpc) is 3.73. The summed E-state index contributed by atoms with van der Waals surface area (Å²) in [6.45, 7) is 10.1. The number of hydrogen-bond acceptors (Lipinski definition) is 8. The maximum absolute atomic E-state index is 13.6. The molecule has 0 radical (unpaired) electrons. The van der Waals surface area contributed by atoms with Crippen LogP contribution in [0.4, 0.5) is 5.82 Å². The molecule has 1 fully saturated rings. The molecule has 5 rings (SSSR count). The zero-order chi connectivity index (χ0) is 27.4. The Kier molecular flexibility index (Phi) is 8.69. The number of ether oxygens (including phenoxy) is 1. The summed E-state index contributed by atoms with van der Waals surface area (Å²) in [5.41, 5.74) is 3.87. The SMILES string of the molecule is CCN(CC)[C@@H](C)CCC(=O)c1cc(-c2cnn3ccc(-c4cccs4)nc23)nc(N2CCC[C@H]2COC)c1. The first-order valence-corrected chi connectivity index (χ1v) is 14.8. The molecule has 9 heteroatoms. The number of ketones is 1. The van der Waals surface area contributed by atoms with Gasteiger partial charge in [-0.2, -0.15) is 5.10 Å². The molecule has 1 aliphatic rings. The number of anilines is 1. The van der Waals surface area contributed by atoms with Crippen LogP contribution in [0.2, 0.25) is 0 Å². The molecular weight excluding hydrogens is 508 g/mol. The molecule has 5 heterocycles. The van der Waals surface area contributed by atoms with Gasteiger partial charge in [-0.1, -0.05) is 19.9 Å². The fraction of sp³-hybridized carbons (Fsp3) is 0.467. The van der Waals surface area contributed by atoms with Gasteiger partial charge >= 0.3 is 0 Å². The van der Waals surface area contributed by atoms with E-state index in [2.05, 4.69) is 47.1 Å². The van der Waals surface area contributed by atoms with Gasteiger partial charge in [0.15, 0.2) is 11.4 Å². The van der Waals surface area contributed by atoms with E-state index in [9.17, 15) is 4.79 Å². The molecule has 8 nitrogen and oxygen atoms in total. The van der Waals surface area contributed by atoms with Crippen LogP contribution in [0, 0.1) is 0 Å². The second-order valence-corrected chi connectivity index (χ2v) is 11.1. The van der Waals surface area contributed by atoms with Gasteiger partial charge < -0.3 is 14.5 Å². The van der Waals surface area contributed by atoms with Crippen molar-refractivity contribution in [3.05, 3.63) is 53.7 Å². The predicted molar refractivity (Wildman–Crippen MR) is 158 cm³/mol. The molecule has 1 aliphatic heterocycles. The fourth-order valence-electron chi connectivity index (χ4n) is 5.59. The number of carbonyl (C=O) groups excluding carboxylic acids is 1. The van der Waals surface area contributed by atoms with E-state index in [0.29, 0.717) is 24.6 Å². The van der Waals surface area contributed by atoms with E-state index in [1.54, 1.807) is 29.2 Å². The Morgan fingerprint density at radius 2 is 2.05 bits per heavy atom. The normalized spacial score (nSPS) is 16.4. The number of rotatable bonds is 12. The van der Waals surface area contributed by atoms with Crippen LogP contribution in [0.15, 0.2) is 48.1 Å². The number of hydrogen-bond donors (Lipinski definition) is 0.